The van der Waals surface area contributed by atoms with Crippen LogP contribution in [0, 0.1) is 0 Å². The lowest BCUT2D eigenvalue weighted by Gasteiger charge is -2.23. The Labute approximate surface area is 156 Å². The van der Waals surface area contributed by atoms with Gasteiger partial charge >= 0.3 is 0 Å². The topological polar surface area (TPSA) is 58.6 Å². The molecule has 2 aromatic rings. The molecule has 140 valence electrons. The van der Waals surface area contributed by atoms with Crippen LogP contribution in [0.15, 0.2) is 54.6 Å². The van der Waals surface area contributed by atoms with Crippen LogP contribution >= 0.6 is 0 Å². The van der Waals surface area contributed by atoms with Gasteiger partial charge in [0.2, 0.25) is 0 Å². The standard InChI is InChI=1S/C22H29NO3/c1-17(2)19-9-11-20(12-10-19)26-15-21(24)23-16-22(3,25)14-13-18-7-5-4-6-8-18/h4-12,17,25H,13-16H2,1-3H3,(H,23,24). The van der Waals surface area contributed by atoms with Gasteiger partial charge in [-0.3, -0.25) is 4.79 Å². The molecule has 26 heavy (non-hydrogen) atoms. The minimum atomic E-state index is -0.954. The van der Waals surface area contributed by atoms with E-state index in [2.05, 4.69) is 19.2 Å². The van der Waals surface area contributed by atoms with Gasteiger partial charge in [-0.25, -0.2) is 0 Å². The fraction of sp³-hybridized carbons (Fsp3) is 0.409. The van der Waals surface area contributed by atoms with Gasteiger partial charge in [-0.15, -0.1) is 0 Å². The predicted molar refractivity (Wildman–Crippen MR) is 104 cm³/mol. The van der Waals surface area contributed by atoms with Crippen LogP contribution in [0.5, 0.6) is 5.75 Å². The lowest BCUT2D eigenvalue weighted by atomic mass is 9.97. The molecule has 0 aliphatic heterocycles. The summed E-state index contributed by atoms with van der Waals surface area (Å²) in [5.74, 6) is 0.892. The van der Waals surface area contributed by atoms with Gasteiger partial charge in [0.1, 0.15) is 5.75 Å². The first-order valence-electron chi connectivity index (χ1n) is 9.11. The molecular weight excluding hydrogens is 326 g/mol. The Morgan fingerprint density at radius 1 is 1.12 bits per heavy atom. The number of carbonyl (C=O) groups excluding carboxylic acids is 1. The maximum absolute atomic E-state index is 12.0. The number of amides is 1. The first-order valence-corrected chi connectivity index (χ1v) is 9.11. The molecule has 0 aromatic heterocycles. The summed E-state index contributed by atoms with van der Waals surface area (Å²) in [6.07, 6.45) is 1.34. The summed E-state index contributed by atoms with van der Waals surface area (Å²) in [6.45, 7) is 6.14. The molecule has 1 amide bonds. The fourth-order valence-electron chi connectivity index (χ4n) is 2.58. The van der Waals surface area contributed by atoms with E-state index in [4.69, 9.17) is 4.74 Å². The molecule has 1 atom stereocenters. The van der Waals surface area contributed by atoms with E-state index < -0.39 is 5.60 Å². The molecule has 0 heterocycles. The molecule has 0 radical (unpaired) electrons. The first-order chi connectivity index (χ1) is 12.4. The lowest BCUT2D eigenvalue weighted by molar-refractivity contribution is -0.124. The third-order valence-electron chi connectivity index (χ3n) is 4.38. The molecule has 2 aromatic carbocycles. The molecule has 0 saturated carbocycles. The lowest BCUT2D eigenvalue weighted by Crippen LogP contribution is -2.42. The normalized spacial score (nSPS) is 13.3. The molecule has 0 aliphatic rings. The van der Waals surface area contributed by atoms with E-state index >= 15 is 0 Å². The van der Waals surface area contributed by atoms with Crippen molar-refractivity contribution in [3.05, 3.63) is 65.7 Å². The van der Waals surface area contributed by atoms with Crippen molar-refractivity contribution < 1.29 is 14.6 Å². The number of aryl methyl sites for hydroxylation is 1. The number of nitrogens with one attached hydrogen (secondary N) is 1. The van der Waals surface area contributed by atoms with Crippen molar-refractivity contribution in [2.75, 3.05) is 13.2 Å². The average Bonchev–Trinajstić information content (AvgIpc) is 2.64. The van der Waals surface area contributed by atoms with Crippen LogP contribution in [0.1, 0.15) is 44.2 Å². The van der Waals surface area contributed by atoms with E-state index in [1.807, 2.05) is 54.6 Å². The van der Waals surface area contributed by atoms with Gasteiger partial charge in [-0.1, -0.05) is 56.3 Å². The summed E-state index contributed by atoms with van der Waals surface area (Å²) in [7, 11) is 0. The Morgan fingerprint density at radius 2 is 1.77 bits per heavy atom. The summed E-state index contributed by atoms with van der Waals surface area (Å²) in [5.41, 5.74) is 1.45. The number of hydrogen-bond acceptors (Lipinski definition) is 3. The van der Waals surface area contributed by atoms with Crippen molar-refractivity contribution in [3.8, 4) is 5.75 Å². The minimum Gasteiger partial charge on any atom is -0.484 e. The third kappa shape index (κ3) is 6.89. The predicted octanol–water partition coefficient (Wildman–Crippen LogP) is 3.69. The molecule has 0 bridgehead atoms. The summed E-state index contributed by atoms with van der Waals surface area (Å²) in [4.78, 5) is 12.0. The van der Waals surface area contributed by atoms with Crippen LogP contribution < -0.4 is 10.1 Å². The number of benzene rings is 2. The van der Waals surface area contributed by atoms with Crippen LogP contribution in [0.4, 0.5) is 0 Å². The van der Waals surface area contributed by atoms with E-state index in [1.54, 1.807) is 6.92 Å². The summed E-state index contributed by atoms with van der Waals surface area (Å²) in [5, 5.41) is 13.2. The van der Waals surface area contributed by atoms with Gasteiger partial charge in [-0.2, -0.15) is 0 Å². The van der Waals surface area contributed by atoms with Crippen LogP contribution in [-0.2, 0) is 11.2 Å². The number of aliphatic hydroxyl groups is 1. The molecule has 4 nitrogen and oxygen atoms in total. The van der Waals surface area contributed by atoms with Gasteiger partial charge in [0.25, 0.3) is 5.91 Å². The van der Waals surface area contributed by atoms with E-state index in [-0.39, 0.29) is 19.1 Å². The first kappa shape index (κ1) is 20.0. The summed E-state index contributed by atoms with van der Waals surface area (Å²) >= 11 is 0. The van der Waals surface area contributed by atoms with Gasteiger partial charge in [0.15, 0.2) is 6.61 Å². The molecule has 0 aliphatic carbocycles. The second-order valence-electron chi connectivity index (χ2n) is 7.27. The zero-order valence-corrected chi connectivity index (χ0v) is 15.9. The monoisotopic (exact) mass is 355 g/mol. The molecule has 4 heteroatoms. The minimum absolute atomic E-state index is 0.0597. The quantitative estimate of drug-likeness (QED) is 0.721. The molecule has 2 rings (SSSR count). The Hall–Kier alpha value is -2.33. The third-order valence-corrected chi connectivity index (χ3v) is 4.38. The molecular formula is C22H29NO3. The van der Waals surface area contributed by atoms with Gasteiger partial charge in [0.05, 0.1) is 5.60 Å². The maximum atomic E-state index is 12.0. The Morgan fingerprint density at radius 3 is 2.38 bits per heavy atom. The molecule has 0 fully saturated rings. The smallest absolute Gasteiger partial charge is 0.258 e. The highest BCUT2D eigenvalue weighted by Gasteiger charge is 2.21. The SMILES string of the molecule is CC(C)c1ccc(OCC(=O)NCC(C)(O)CCc2ccccc2)cc1. The second kappa shape index (κ2) is 9.39. The second-order valence-corrected chi connectivity index (χ2v) is 7.27. The zero-order valence-electron chi connectivity index (χ0n) is 15.9. The highest BCUT2D eigenvalue weighted by atomic mass is 16.5. The van der Waals surface area contributed by atoms with E-state index in [1.165, 1.54) is 11.1 Å². The van der Waals surface area contributed by atoms with Crippen molar-refractivity contribution in [1.82, 2.24) is 5.32 Å². The molecule has 1 unspecified atom stereocenters. The number of carbonyl (C=O) groups is 1. The van der Waals surface area contributed by atoms with Crippen molar-refractivity contribution in [1.29, 1.82) is 0 Å². The van der Waals surface area contributed by atoms with Crippen molar-refractivity contribution in [2.24, 2.45) is 0 Å². The Bertz CT molecular complexity index is 678. The van der Waals surface area contributed by atoms with Gasteiger partial charge in [-0.05, 0) is 48.9 Å². The van der Waals surface area contributed by atoms with Crippen molar-refractivity contribution in [2.45, 2.75) is 45.1 Å². The number of rotatable bonds is 9. The fourth-order valence-corrected chi connectivity index (χ4v) is 2.58. The summed E-state index contributed by atoms with van der Waals surface area (Å²) < 4.78 is 5.50. The molecule has 0 spiro atoms. The van der Waals surface area contributed by atoms with Crippen LogP contribution in [-0.4, -0.2) is 29.8 Å². The van der Waals surface area contributed by atoms with Crippen LogP contribution in [0.25, 0.3) is 0 Å². The number of hydrogen-bond donors (Lipinski definition) is 2. The number of ether oxygens (including phenoxy) is 1. The van der Waals surface area contributed by atoms with E-state index in [9.17, 15) is 9.90 Å². The van der Waals surface area contributed by atoms with Gasteiger partial charge in [0, 0.05) is 6.54 Å². The largest absolute Gasteiger partial charge is 0.484 e. The highest BCUT2D eigenvalue weighted by Crippen LogP contribution is 2.18. The van der Waals surface area contributed by atoms with Gasteiger partial charge < -0.3 is 15.2 Å². The van der Waals surface area contributed by atoms with Crippen LogP contribution in [0.2, 0.25) is 0 Å². The Kier molecular flexibility index (Phi) is 7.22. The molecule has 2 N–H and O–H groups in total. The highest BCUT2D eigenvalue weighted by molar-refractivity contribution is 5.77. The summed E-state index contributed by atoms with van der Waals surface area (Å²) in [6, 6.07) is 17.8. The van der Waals surface area contributed by atoms with Crippen molar-refractivity contribution >= 4 is 5.91 Å². The van der Waals surface area contributed by atoms with E-state index in [0.717, 1.165) is 6.42 Å². The van der Waals surface area contributed by atoms with Crippen molar-refractivity contribution in [3.63, 3.8) is 0 Å². The van der Waals surface area contributed by atoms with E-state index in [0.29, 0.717) is 18.1 Å². The van der Waals surface area contributed by atoms with Crippen LogP contribution in [0.3, 0.4) is 0 Å². The Balaban J connectivity index is 1.71. The molecule has 0 saturated heterocycles. The average molecular weight is 355 g/mol. The zero-order chi connectivity index (χ0) is 19.0. The maximum Gasteiger partial charge on any atom is 0.258 e.